The smallest absolute Gasteiger partial charge is 0.266 e. The first-order valence-corrected chi connectivity index (χ1v) is 9.11. The second-order valence-corrected chi connectivity index (χ2v) is 7.23. The zero-order valence-corrected chi connectivity index (χ0v) is 15.3. The predicted molar refractivity (Wildman–Crippen MR) is 102 cm³/mol. The molecule has 0 saturated heterocycles. The molecule has 1 atom stereocenters. The van der Waals surface area contributed by atoms with Crippen molar-refractivity contribution in [2.75, 3.05) is 5.75 Å². The lowest BCUT2D eigenvalue weighted by molar-refractivity contribution is 0.806. The number of fused-ring (bicyclic) bond motifs is 1. The van der Waals surface area contributed by atoms with Gasteiger partial charge in [0.15, 0.2) is 5.16 Å². The number of hydrogen-bond donors (Lipinski definition) is 0. The van der Waals surface area contributed by atoms with Crippen molar-refractivity contribution < 1.29 is 0 Å². The maximum atomic E-state index is 13.1. The first-order chi connectivity index (χ1) is 12.0. The molecule has 0 fully saturated rings. The van der Waals surface area contributed by atoms with Crippen LogP contribution in [0.4, 0.5) is 0 Å². The van der Waals surface area contributed by atoms with E-state index in [0.717, 1.165) is 16.8 Å². The van der Waals surface area contributed by atoms with E-state index in [1.54, 1.807) is 10.6 Å². The summed E-state index contributed by atoms with van der Waals surface area (Å²) in [4.78, 5) is 17.8. The van der Waals surface area contributed by atoms with Gasteiger partial charge in [0.05, 0.1) is 28.6 Å². The quantitative estimate of drug-likeness (QED) is 0.522. The first kappa shape index (κ1) is 17.2. The molecule has 0 aliphatic rings. The topological polar surface area (TPSA) is 58.7 Å². The second-order valence-electron chi connectivity index (χ2n) is 6.24. The van der Waals surface area contributed by atoms with Crippen molar-refractivity contribution in [2.24, 2.45) is 5.92 Å². The fourth-order valence-electron chi connectivity index (χ4n) is 2.75. The molecule has 0 aliphatic carbocycles. The molecule has 1 heterocycles. The number of aromatic nitrogens is 2. The van der Waals surface area contributed by atoms with Crippen molar-refractivity contribution in [1.82, 2.24) is 9.55 Å². The van der Waals surface area contributed by atoms with Gasteiger partial charge in [-0.15, -0.1) is 0 Å². The molecule has 0 radical (unpaired) electrons. The molecular weight excluding hydrogens is 330 g/mol. The van der Waals surface area contributed by atoms with E-state index in [9.17, 15) is 4.79 Å². The van der Waals surface area contributed by atoms with Gasteiger partial charge in [-0.3, -0.25) is 9.36 Å². The normalized spacial score (nSPS) is 12.1. The van der Waals surface area contributed by atoms with Crippen LogP contribution < -0.4 is 5.56 Å². The van der Waals surface area contributed by atoms with Crippen LogP contribution in [0.5, 0.6) is 0 Å². The van der Waals surface area contributed by atoms with Crippen LogP contribution in [0.15, 0.2) is 52.4 Å². The van der Waals surface area contributed by atoms with Gasteiger partial charge in [0.25, 0.3) is 5.56 Å². The third-order valence-electron chi connectivity index (χ3n) is 3.89. The first-order valence-electron chi connectivity index (χ1n) is 8.12. The molecule has 1 aromatic heterocycles. The standard InChI is InChI=1S/C20H19N3OS/c1-13-8-14(2)10-16(9-13)23-19(24)17-6-4-5-7-18(17)22-20(23)25-12-15(3)11-21/h4-10,15H,12H2,1-3H3/t15-/m1/s1. The lowest BCUT2D eigenvalue weighted by Crippen LogP contribution is -2.22. The summed E-state index contributed by atoms with van der Waals surface area (Å²) in [5.74, 6) is 0.479. The molecular formula is C20H19N3OS. The molecule has 0 spiro atoms. The summed E-state index contributed by atoms with van der Waals surface area (Å²) < 4.78 is 1.66. The largest absolute Gasteiger partial charge is 0.268 e. The minimum atomic E-state index is -0.110. The predicted octanol–water partition coefficient (Wildman–Crippen LogP) is 4.25. The highest BCUT2D eigenvalue weighted by atomic mass is 32.2. The number of benzene rings is 2. The van der Waals surface area contributed by atoms with E-state index < -0.39 is 0 Å². The lowest BCUT2D eigenvalue weighted by Gasteiger charge is -2.14. The number of thioether (sulfide) groups is 1. The van der Waals surface area contributed by atoms with Crippen LogP contribution in [0.1, 0.15) is 18.1 Å². The number of nitriles is 1. The van der Waals surface area contributed by atoms with Crippen molar-refractivity contribution in [3.05, 3.63) is 63.9 Å². The maximum absolute atomic E-state index is 13.1. The number of para-hydroxylation sites is 1. The Morgan fingerprint density at radius 3 is 2.56 bits per heavy atom. The highest BCUT2D eigenvalue weighted by Crippen LogP contribution is 2.24. The Hall–Kier alpha value is -2.58. The fraction of sp³-hybridized carbons (Fsp3) is 0.250. The minimum Gasteiger partial charge on any atom is -0.268 e. The fourth-order valence-corrected chi connectivity index (χ4v) is 3.71. The van der Waals surface area contributed by atoms with Crippen LogP contribution in [0.25, 0.3) is 16.6 Å². The van der Waals surface area contributed by atoms with Gasteiger partial charge >= 0.3 is 0 Å². The van der Waals surface area contributed by atoms with Gasteiger partial charge in [0, 0.05) is 5.75 Å². The van der Waals surface area contributed by atoms with Crippen molar-refractivity contribution in [1.29, 1.82) is 5.26 Å². The highest BCUT2D eigenvalue weighted by molar-refractivity contribution is 7.99. The van der Waals surface area contributed by atoms with Crippen molar-refractivity contribution in [3.8, 4) is 11.8 Å². The average molecular weight is 349 g/mol. The summed E-state index contributed by atoms with van der Waals surface area (Å²) in [6.45, 7) is 5.90. The van der Waals surface area contributed by atoms with E-state index in [2.05, 4.69) is 12.1 Å². The van der Waals surface area contributed by atoms with Gasteiger partial charge in [0.1, 0.15) is 0 Å². The Bertz CT molecular complexity index is 1010. The molecule has 0 bridgehead atoms. The SMILES string of the molecule is Cc1cc(C)cc(-n2c(SC[C@H](C)C#N)nc3ccccc3c2=O)c1. The van der Waals surface area contributed by atoms with Crippen LogP contribution in [0.2, 0.25) is 0 Å². The zero-order valence-electron chi connectivity index (χ0n) is 14.5. The van der Waals surface area contributed by atoms with Gasteiger partial charge in [0.2, 0.25) is 0 Å². The Balaban J connectivity index is 2.25. The Morgan fingerprint density at radius 2 is 1.88 bits per heavy atom. The van der Waals surface area contributed by atoms with Crippen molar-refractivity contribution in [3.63, 3.8) is 0 Å². The van der Waals surface area contributed by atoms with Crippen molar-refractivity contribution in [2.45, 2.75) is 25.9 Å². The molecule has 3 rings (SSSR count). The van der Waals surface area contributed by atoms with Crippen LogP contribution in [0.3, 0.4) is 0 Å². The number of hydrogen-bond acceptors (Lipinski definition) is 4. The van der Waals surface area contributed by atoms with Gasteiger partial charge in [-0.1, -0.05) is 30.0 Å². The van der Waals surface area contributed by atoms with E-state index in [1.165, 1.54) is 11.8 Å². The van der Waals surface area contributed by atoms with E-state index in [4.69, 9.17) is 10.2 Å². The summed E-state index contributed by atoms with van der Waals surface area (Å²) in [7, 11) is 0. The minimum absolute atomic E-state index is 0.0808. The molecule has 25 heavy (non-hydrogen) atoms. The lowest BCUT2D eigenvalue weighted by atomic mass is 10.1. The number of rotatable bonds is 4. The Morgan fingerprint density at radius 1 is 1.20 bits per heavy atom. The Labute approximate surface area is 151 Å². The summed E-state index contributed by atoms with van der Waals surface area (Å²) in [6.07, 6.45) is 0. The zero-order chi connectivity index (χ0) is 18.0. The molecule has 3 aromatic rings. The molecule has 0 aliphatic heterocycles. The third kappa shape index (κ3) is 3.59. The van der Waals surface area contributed by atoms with Crippen LogP contribution in [-0.4, -0.2) is 15.3 Å². The molecule has 0 unspecified atom stereocenters. The third-order valence-corrected chi connectivity index (χ3v) is 5.09. The van der Waals surface area contributed by atoms with Gasteiger partial charge < -0.3 is 0 Å². The van der Waals surface area contributed by atoms with Crippen LogP contribution in [-0.2, 0) is 0 Å². The highest BCUT2D eigenvalue weighted by Gasteiger charge is 2.14. The van der Waals surface area contributed by atoms with E-state index >= 15 is 0 Å². The van der Waals surface area contributed by atoms with Gasteiger partial charge in [-0.05, 0) is 56.2 Å². The Kier molecular flexibility index (Phi) is 4.91. The summed E-state index contributed by atoms with van der Waals surface area (Å²) in [6, 6.07) is 15.7. The monoisotopic (exact) mass is 349 g/mol. The molecule has 0 N–H and O–H groups in total. The number of nitrogens with zero attached hydrogens (tertiary/aromatic N) is 3. The van der Waals surface area contributed by atoms with E-state index in [0.29, 0.717) is 21.8 Å². The number of aryl methyl sites for hydroxylation is 2. The molecule has 5 heteroatoms. The molecule has 126 valence electrons. The summed E-state index contributed by atoms with van der Waals surface area (Å²) in [5.41, 5.74) is 3.60. The van der Waals surface area contributed by atoms with E-state index in [1.807, 2.05) is 51.1 Å². The van der Waals surface area contributed by atoms with Gasteiger partial charge in [-0.25, -0.2) is 4.98 Å². The average Bonchev–Trinajstić information content (AvgIpc) is 2.58. The maximum Gasteiger partial charge on any atom is 0.266 e. The van der Waals surface area contributed by atoms with Crippen molar-refractivity contribution >= 4 is 22.7 Å². The summed E-state index contributed by atoms with van der Waals surface area (Å²) in [5, 5.41) is 10.3. The molecule has 0 saturated carbocycles. The van der Waals surface area contributed by atoms with Crippen LogP contribution >= 0.6 is 11.8 Å². The summed E-state index contributed by atoms with van der Waals surface area (Å²) >= 11 is 1.44. The van der Waals surface area contributed by atoms with Crippen LogP contribution in [0, 0.1) is 31.1 Å². The second kappa shape index (κ2) is 7.12. The van der Waals surface area contributed by atoms with Gasteiger partial charge in [-0.2, -0.15) is 5.26 Å². The van der Waals surface area contributed by atoms with E-state index in [-0.39, 0.29) is 11.5 Å². The molecule has 2 aromatic carbocycles. The molecule has 4 nitrogen and oxygen atoms in total. The molecule has 0 amide bonds.